The number of hydrogen-bond donors (Lipinski definition) is 0. The first-order chi connectivity index (χ1) is 8.34. The van der Waals surface area contributed by atoms with Gasteiger partial charge in [0.2, 0.25) is 0 Å². The van der Waals surface area contributed by atoms with Gasteiger partial charge in [-0.1, -0.05) is 0 Å². The van der Waals surface area contributed by atoms with Crippen LogP contribution in [0.5, 0.6) is 5.75 Å². The normalized spacial score (nSPS) is 29.6. The number of ether oxygens (including phenoxy) is 2. The largest absolute Gasteiger partial charge is 0.487 e. The van der Waals surface area contributed by atoms with Crippen molar-refractivity contribution in [1.82, 2.24) is 9.97 Å². The van der Waals surface area contributed by atoms with E-state index in [1.165, 1.54) is 0 Å². The molecule has 17 heavy (non-hydrogen) atoms. The SMILES string of the molecule is Cc1nc2c(c(N3C4CCOCC43)n1)OCC2. The van der Waals surface area contributed by atoms with E-state index in [2.05, 4.69) is 14.9 Å². The van der Waals surface area contributed by atoms with E-state index >= 15 is 0 Å². The van der Waals surface area contributed by atoms with Gasteiger partial charge in [0.15, 0.2) is 11.6 Å². The Morgan fingerprint density at radius 2 is 2.18 bits per heavy atom. The lowest BCUT2D eigenvalue weighted by Crippen LogP contribution is -2.13. The predicted molar refractivity (Wildman–Crippen MR) is 61.5 cm³/mol. The molecule has 0 spiro atoms. The molecule has 0 radical (unpaired) electrons. The van der Waals surface area contributed by atoms with Gasteiger partial charge in [-0.15, -0.1) is 0 Å². The maximum Gasteiger partial charge on any atom is 0.183 e. The standard InChI is InChI=1S/C12H15N3O2/c1-7-13-8-2-5-17-11(8)12(14-7)15-9-3-4-16-6-10(9)15/h9-10H,2-6H2,1H3. The minimum absolute atomic E-state index is 0.506. The van der Waals surface area contributed by atoms with Crippen LogP contribution in [-0.4, -0.2) is 41.9 Å². The van der Waals surface area contributed by atoms with Crippen LogP contribution in [-0.2, 0) is 11.2 Å². The van der Waals surface area contributed by atoms with Crippen LogP contribution in [0.1, 0.15) is 17.9 Å². The molecule has 5 heteroatoms. The zero-order valence-corrected chi connectivity index (χ0v) is 9.85. The van der Waals surface area contributed by atoms with Gasteiger partial charge in [0.1, 0.15) is 5.82 Å². The van der Waals surface area contributed by atoms with Gasteiger partial charge in [-0.2, -0.15) is 0 Å². The van der Waals surface area contributed by atoms with Crippen molar-refractivity contribution in [2.75, 3.05) is 24.7 Å². The molecule has 2 unspecified atom stereocenters. The summed E-state index contributed by atoms with van der Waals surface area (Å²) in [6.07, 6.45) is 2.01. The van der Waals surface area contributed by atoms with Gasteiger partial charge in [-0.25, -0.2) is 9.97 Å². The van der Waals surface area contributed by atoms with E-state index in [1.54, 1.807) is 0 Å². The monoisotopic (exact) mass is 233 g/mol. The zero-order chi connectivity index (χ0) is 11.4. The fraction of sp³-hybridized carbons (Fsp3) is 0.667. The summed E-state index contributed by atoms with van der Waals surface area (Å²) in [5, 5.41) is 0. The van der Waals surface area contributed by atoms with Crippen molar-refractivity contribution in [2.45, 2.75) is 31.8 Å². The van der Waals surface area contributed by atoms with E-state index in [0.29, 0.717) is 12.1 Å². The Labute approximate surface area is 99.8 Å². The first-order valence-corrected chi connectivity index (χ1v) is 6.21. The highest BCUT2D eigenvalue weighted by molar-refractivity contribution is 5.63. The molecule has 1 aromatic heterocycles. The number of aryl methyl sites for hydroxylation is 1. The number of anilines is 1. The summed E-state index contributed by atoms with van der Waals surface area (Å²) in [4.78, 5) is 11.4. The Bertz CT molecular complexity index is 465. The van der Waals surface area contributed by atoms with Crippen molar-refractivity contribution in [3.05, 3.63) is 11.5 Å². The summed E-state index contributed by atoms with van der Waals surface area (Å²) in [7, 11) is 0. The molecule has 2 atom stereocenters. The summed E-state index contributed by atoms with van der Waals surface area (Å²) in [5.74, 6) is 2.74. The zero-order valence-electron chi connectivity index (χ0n) is 9.85. The second kappa shape index (κ2) is 3.32. The van der Waals surface area contributed by atoms with E-state index in [1.807, 2.05) is 6.92 Å². The van der Waals surface area contributed by atoms with Crippen LogP contribution < -0.4 is 9.64 Å². The van der Waals surface area contributed by atoms with Crippen LogP contribution in [0.3, 0.4) is 0 Å². The predicted octanol–water partition coefficient (Wildman–Crippen LogP) is 0.697. The van der Waals surface area contributed by atoms with Gasteiger partial charge in [0.25, 0.3) is 0 Å². The Morgan fingerprint density at radius 1 is 1.24 bits per heavy atom. The van der Waals surface area contributed by atoms with Crippen LogP contribution in [0.2, 0.25) is 0 Å². The number of rotatable bonds is 1. The highest BCUT2D eigenvalue weighted by Gasteiger charge is 2.51. The first kappa shape index (κ1) is 9.65. The molecule has 0 saturated carbocycles. The molecule has 2 saturated heterocycles. The van der Waals surface area contributed by atoms with Crippen molar-refractivity contribution in [1.29, 1.82) is 0 Å². The summed E-state index contributed by atoms with van der Waals surface area (Å²) in [5.41, 5.74) is 1.07. The van der Waals surface area contributed by atoms with Gasteiger partial charge in [-0.05, 0) is 13.3 Å². The summed E-state index contributed by atoms with van der Waals surface area (Å²) in [6.45, 7) is 4.37. The highest BCUT2D eigenvalue weighted by Crippen LogP contribution is 2.45. The summed E-state index contributed by atoms with van der Waals surface area (Å²) >= 11 is 0. The molecular weight excluding hydrogens is 218 g/mol. The van der Waals surface area contributed by atoms with Crippen molar-refractivity contribution < 1.29 is 9.47 Å². The van der Waals surface area contributed by atoms with E-state index in [9.17, 15) is 0 Å². The van der Waals surface area contributed by atoms with Crippen molar-refractivity contribution >= 4 is 5.82 Å². The van der Waals surface area contributed by atoms with Crippen molar-refractivity contribution in [3.63, 3.8) is 0 Å². The van der Waals surface area contributed by atoms with Gasteiger partial charge in [0.05, 0.1) is 31.0 Å². The van der Waals surface area contributed by atoms with Gasteiger partial charge in [-0.3, -0.25) is 0 Å². The molecule has 2 fully saturated rings. The van der Waals surface area contributed by atoms with Crippen LogP contribution in [0.4, 0.5) is 5.82 Å². The van der Waals surface area contributed by atoms with Crippen LogP contribution in [0.25, 0.3) is 0 Å². The smallest absolute Gasteiger partial charge is 0.183 e. The topological polar surface area (TPSA) is 47.2 Å². The molecule has 0 aliphatic carbocycles. The van der Waals surface area contributed by atoms with Crippen molar-refractivity contribution in [3.8, 4) is 5.75 Å². The first-order valence-electron chi connectivity index (χ1n) is 6.21. The molecule has 0 amide bonds. The lowest BCUT2D eigenvalue weighted by atomic mass is 10.2. The maximum atomic E-state index is 5.68. The molecule has 5 nitrogen and oxygen atoms in total. The number of fused-ring (bicyclic) bond motifs is 2. The molecular formula is C12H15N3O2. The third-order valence-electron chi connectivity index (χ3n) is 3.78. The number of nitrogens with zero attached hydrogens (tertiary/aromatic N) is 3. The maximum absolute atomic E-state index is 5.68. The molecule has 0 aromatic carbocycles. The van der Waals surface area contributed by atoms with Gasteiger partial charge < -0.3 is 14.4 Å². The van der Waals surface area contributed by atoms with Crippen molar-refractivity contribution in [2.24, 2.45) is 0 Å². The van der Waals surface area contributed by atoms with E-state index < -0.39 is 0 Å². The fourth-order valence-corrected chi connectivity index (χ4v) is 2.93. The minimum atomic E-state index is 0.506. The molecule has 0 N–H and O–H groups in total. The summed E-state index contributed by atoms with van der Waals surface area (Å²) in [6, 6.07) is 1.11. The quantitative estimate of drug-likeness (QED) is 0.668. The number of aromatic nitrogens is 2. The minimum Gasteiger partial charge on any atom is -0.487 e. The average molecular weight is 233 g/mol. The molecule has 3 aliphatic heterocycles. The average Bonchev–Trinajstić information content (AvgIpc) is 2.87. The van der Waals surface area contributed by atoms with Gasteiger partial charge >= 0.3 is 0 Å². The Balaban J connectivity index is 1.74. The van der Waals surface area contributed by atoms with E-state index in [0.717, 1.165) is 55.7 Å². The molecule has 4 rings (SSSR count). The molecule has 90 valence electrons. The third-order valence-corrected chi connectivity index (χ3v) is 3.78. The molecule has 4 heterocycles. The third kappa shape index (κ3) is 1.35. The highest BCUT2D eigenvalue weighted by atomic mass is 16.5. The van der Waals surface area contributed by atoms with E-state index in [4.69, 9.17) is 9.47 Å². The van der Waals surface area contributed by atoms with Crippen LogP contribution in [0, 0.1) is 6.92 Å². The fourth-order valence-electron chi connectivity index (χ4n) is 2.93. The second-order valence-electron chi connectivity index (χ2n) is 4.87. The lowest BCUT2D eigenvalue weighted by molar-refractivity contribution is 0.114. The van der Waals surface area contributed by atoms with E-state index in [-0.39, 0.29) is 0 Å². The Hall–Kier alpha value is -1.36. The van der Waals surface area contributed by atoms with Crippen LogP contribution >= 0.6 is 0 Å². The molecule has 1 aromatic rings. The Kier molecular flexibility index (Phi) is 1.88. The lowest BCUT2D eigenvalue weighted by Gasteiger charge is -2.09. The summed E-state index contributed by atoms with van der Waals surface area (Å²) < 4.78 is 11.2. The molecule has 0 bridgehead atoms. The Morgan fingerprint density at radius 3 is 3.00 bits per heavy atom. The van der Waals surface area contributed by atoms with Crippen LogP contribution in [0.15, 0.2) is 0 Å². The molecule has 3 aliphatic rings. The second-order valence-corrected chi connectivity index (χ2v) is 4.87. The van der Waals surface area contributed by atoms with Gasteiger partial charge in [0, 0.05) is 13.0 Å². The number of hydrogen-bond acceptors (Lipinski definition) is 5.